The molecule has 2 aliphatic rings. The van der Waals surface area contributed by atoms with Crippen molar-refractivity contribution in [2.24, 2.45) is 10.9 Å². The smallest absolute Gasteiger partial charge is 0.163 e. The fourth-order valence-electron chi connectivity index (χ4n) is 5.28. The van der Waals surface area contributed by atoms with Crippen LogP contribution in [0.15, 0.2) is 53.5 Å². The Morgan fingerprint density at radius 1 is 1.10 bits per heavy atom. The van der Waals surface area contributed by atoms with Gasteiger partial charge in [-0.2, -0.15) is 0 Å². The Morgan fingerprint density at radius 3 is 2.56 bits per heavy atom. The van der Waals surface area contributed by atoms with Crippen LogP contribution in [0.3, 0.4) is 0 Å². The number of hydrogen-bond acceptors (Lipinski definition) is 7. The number of hydrogen-bond donors (Lipinski definition) is 1. The summed E-state index contributed by atoms with van der Waals surface area (Å²) in [5.74, 6) is 8.84. The number of phenolic OH excluding ortho intramolecular Hbond substituents is 1. The quantitative estimate of drug-likeness (QED) is 0.283. The van der Waals surface area contributed by atoms with Crippen LogP contribution >= 0.6 is 22.9 Å². The molecule has 0 bridgehead atoms. The molecule has 7 nitrogen and oxygen atoms in total. The van der Waals surface area contributed by atoms with Crippen molar-refractivity contribution in [3.63, 3.8) is 0 Å². The Bertz CT molecular complexity index is 1690. The summed E-state index contributed by atoms with van der Waals surface area (Å²) in [5, 5.41) is 20.1. The van der Waals surface area contributed by atoms with E-state index >= 15 is 0 Å². The van der Waals surface area contributed by atoms with E-state index in [4.69, 9.17) is 21.3 Å². The number of aromatic nitrogens is 3. The maximum atomic E-state index is 13.3. The third-order valence-electron chi connectivity index (χ3n) is 7.49. The van der Waals surface area contributed by atoms with Gasteiger partial charge in [-0.15, -0.1) is 21.5 Å². The van der Waals surface area contributed by atoms with Gasteiger partial charge in [-0.1, -0.05) is 47.7 Å². The molecule has 6 rings (SSSR count). The second kappa shape index (κ2) is 11.6. The zero-order valence-electron chi connectivity index (χ0n) is 22.9. The summed E-state index contributed by atoms with van der Waals surface area (Å²) in [6, 6.07) is 13.8. The monoisotopic (exact) mass is 584 g/mol. The second-order valence-electron chi connectivity index (χ2n) is 10.4. The fraction of sp³-hybridized carbons (Fsp3) is 0.312. The lowest BCUT2D eigenvalue weighted by atomic mass is 9.98. The zero-order valence-corrected chi connectivity index (χ0v) is 24.4. The molecule has 4 aromatic rings. The summed E-state index contributed by atoms with van der Waals surface area (Å²) < 4.78 is 7.54. The average Bonchev–Trinajstić information content (AvgIpc) is 3.47. The molecule has 2 aromatic heterocycles. The lowest BCUT2D eigenvalue weighted by molar-refractivity contribution is -0.118. The van der Waals surface area contributed by atoms with Crippen molar-refractivity contribution in [3.05, 3.63) is 92.3 Å². The molecule has 1 N–H and O–H groups in total. The van der Waals surface area contributed by atoms with Crippen molar-refractivity contribution in [2.75, 3.05) is 13.2 Å². The number of halogens is 1. The van der Waals surface area contributed by atoms with E-state index in [1.807, 2.05) is 35.8 Å². The molecule has 0 radical (unpaired) electrons. The third kappa shape index (κ3) is 5.71. The Hall–Kier alpha value is -3.77. The van der Waals surface area contributed by atoms with Crippen molar-refractivity contribution >= 4 is 34.4 Å². The number of aromatic hydroxyl groups is 1. The molecular weight excluding hydrogens is 556 g/mol. The lowest BCUT2D eigenvalue weighted by Gasteiger charge is -2.16. The highest BCUT2D eigenvalue weighted by Gasteiger charge is 2.32. The van der Waals surface area contributed by atoms with Crippen LogP contribution < -0.4 is 0 Å². The number of carbonyl (C=O) groups excluding carboxylic acids is 1. The SMILES string of the molecule is Cc1c(C#CC2CCOCC2)sc2c1C(c1ccc(Cl)cc1)=N[C@@H](CC(=O)Cc1ccc(O)cc1)c1nnc(C)n1-2. The van der Waals surface area contributed by atoms with Gasteiger partial charge >= 0.3 is 0 Å². The van der Waals surface area contributed by atoms with Crippen LogP contribution in [0.25, 0.3) is 5.00 Å². The van der Waals surface area contributed by atoms with Gasteiger partial charge in [-0.3, -0.25) is 14.4 Å². The van der Waals surface area contributed by atoms with E-state index in [0.29, 0.717) is 16.8 Å². The van der Waals surface area contributed by atoms with Gasteiger partial charge in [0.05, 0.1) is 10.6 Å². The van der Waals surface area contributed by atoms with Crippen molar-refractivity contribution < 1.29 is 14.6 Å². The maximum absolute atomic E-state index is 13.3. The number of thiophene rings is 1. The molecule has 0 unspecified atom stereocenters. The number of carbonyl (C=O) groups is 1. The first-order valence-corrected chi connectivity index (χ1v) is 14.9. The Balaban J connectivity index is 1.44. The number of rotatable bonds is 5. The van der Waals surface area contributed by atoms with Crippen molar-refractivity contribution in [1.82, 2.24) is 14.8 Å². The summed E-state index contributed by atoms with van der Waals surface area (Å²) >= 11 is 7.86. The molecular formula is C32H29ClN4O3S. The maximum Gasteiger partial charge on any atom is 0.163 e. The van der Waals surface area contributed by atoms with E-state index in [0.717, 1.165) is 69.7 Å². The highest BCUT2D eigenvalue weighted by molar-refractivity contribution is 7.15. The standard InChI is InChI=1S/C32H29ClN4O3S/c1-19-28(12-5-21-13-15-40-16-14-21)41-32-29(19)30(23-6-8-24(33)9-7-23)34-27(31-36-35-20(2)37(31)32)18-26(39)17-22-3-10-25(38)11-4-22/h3-4,6-11,21,27,38H,13-18H2,1-2H3/t27-/m0/s1. The van der Waals surface area contributed by atoms with E-state index in [1.165, 1.54) is 0 Å². The van der Waals surface area contributed by atoms with Crippen LogP contribution in [0.1, 0.15) is 64.1 Å². The first-order valence-electron chi connectivity index (χ1n) is 13.7. The normalized spacial score (nSPS) is 16.7. The third-order valence-corrected chi connectivity index (χ3v) is 8.93. The average molecular weight is 585 g/mol. The largest absolute Gasteiger partial charge is 0.508 e. The van der Waals surface area contributed by atoms with Crippen LogP contribution in [0, 0.1) is 31.6 Å². The van der Waals surface area contributed by atoms with E-state index in [2.05, 4.69) is 29.0 Å². The molecule has 1 saturated heterocycles. The van der Waals surface area contributed by atoms with E-state index in [1.54, 1.807) is 35.6 Å². The molecule has 0 amide bonds. The molecule has 2 aliphatic heterocycles. The van der Waals surface area contributed by atoms with Crippen molar-refractivity contribution in [1.29, 1.82) is 0 Å². The lowest BCUT2D eigenvalue weighted by Crippen LogP contribution is -2.13. The molecule has 9 heteroatoms. The molecule has 4 heterocycles. The van der Waals surface area contributed by atoms with Gasteiger partial charge in [0.1, 0.15) is 28.4 Å². The molecule has 41 heavy (non-hydrogen) atoms. The summed E-state index contributed by atoms with van der Waals surface area (Å²) in [7, 11) is 0. The predicted molar refractivity (Wildman–Crippen MR) is 160 cm³/mol. The van der Waals surface area contributed by atoms with Crippen molar-refractivity contribution in [2.45, 2.75) is 45.6 Å². The number of ketones is 1. The summed E-state index contributed by atoms with van der Waals surface area (Å²) in [6.45, 7) is 5.52. The molecule has 0 spiro atoms. The summed E-state index contributed by atoms with van der Waals surface area (Å²) in [6.07, 6.45) is 2.30. The highest BCUT2D eigenvalue weighted by atomic mass is 35.5. The van der Waals surface area contributed by atoms with Crippen molar-refractivity contribution in [3.8, 4) is 22.6 Å². The summed E-state index contributed by atoms with van der Waals surface area (Å²) in [5.41, 5.74) is 4.56. The molecule has 1 atom stereocenters. The minimum absolute atomic E-state index is 0.0251. The highest BCUT2D eigenvalue weighted by Crippen LogP contribution is 2.40. The minimum atomic E-state index is -0.526. The van der Waals surface area contributed by atoms with Gasteiger partial charge in [0.2, 0.25) is 0 Å². The molecule has 0 saturated carbocycles. The van der Waals surface area contributed by atoms with Crippen LogP contribution in [0.2, 0.25) is 5.02 Å². The van der Waals surface area contributed by atoms with E-state index in [-0.39, 0.29) is 24.4 Å². The molecule has 0 aliphatic carbocycles. The molecule has 1 fully saturated rings. The number of aryl methyl sites for hydroxylation is 1. The number of Topliss-reactive ketones (excluding diaryl/α,β-unsaturated/α-hetero) is 1. The number of phenols is 1. The van der Waals surface area contributed by atoms with Gasteiger partial charge in [0, 0.05) is 48.1 Å². The second-order valence-corrected chi connectivity index (χ2v) is 11.9. The van der Waals surface area contributed by atoms with E-state index in [9.17, 15) is 9.90 Å². The minimum Gasteiger partial charge on any atom is -0.508 e. The van der Waals surface area contributed by atoms with Gasteiger partial charge < -0.3 is 9.84 Å². The summed E-state index contributed by atoms with van der Waals surface area (Å²) in [4.78, 5) is 19.5. The number of aliphatic imine (C=N–C) groups is 1. The van der Waals surface area contributed by atoms with Crippen LogP contribution in [-0.4, -0.2) is 44.6 Å². The number of benzene rings is 2. The predicted octanol–water partition coefficient (Wildman–Crippen LogP) is 6.18. The number of ether oxygens (including phenoxy) is 1. The first-order chi connectivity index (χ1) is 19.9. The Labute approximate surface area is 247 Å². The molecule has 208 valence electrons. The van der Waals surface area contributed by atoms with Gasteiger partial charge in [-0.05, 0) is 62.1 Å². The van der Waals surface area contributed by atoms with Crippen LogP contribution in [0.4, 0.5) is 0 Å². The Kier molecular flexibility index (Phi) is 7.76. The molecule has 2 aromatic carbocycles. The van der Waals surface area contributed by atoms with Crippen LogP contribution in [0.5, 0.6) is 5.75 Å². The van der Waals surface area contributed by atoms with Crippen LogP contribution in [-0.2, 0) is 16.0 Å². The Morgan fingerprint density at radius 2 is 1.83 bits per heavy atom. The fourth-order valence-corrected chi connectivity index (χ4v) is 6.63. The number of fused-ring (bicyclic) bond motifs is 3. The van der Waals surface area contributed by atoms with Gasteiger partial charge in [0.15, 0.2) is 5.82 Å². The zero-order chi connectivity index (χ0) is 28.5. The topological polar surface area (TPSA) is 89.6 Å². The first kappa shape index (κ1) is 27.4. The number of nitrogens with zero attached hydrogens (tertiary/aromatic N) is 4. The van der Waals surface area contributed by atoms with E-state index < -0.39 is 6.04 Å². The van der Waals surface area contributed by atoms with Gasteiger partial charge in [-0.25, -0.2) is 0 Å². The van der Waals surface area contributed by atoms with Gasteiger partial charge in [0.25, 0.3) is 0 Å².